The van der Waals surface area contributed by atoms with E-state index in [1.807, 2.05) is 30.3 Å². The predicted octanol–water partition coefficient (Wildman–Crippen LogP) is 1.93. The van der Waals surface area contributed by atoms with Crippen molar-refractivity contribution in [1.29, 1.82) is 0 Å². The lowest BCUT2D eigenvalue weighted by atomic mass is 10.1. The Hall–Kier alpha value is -2.10. The second kappa shape index (κ2) is 7.27. The van der Waals surface area contributed by atoms with E-state index in [1.54, 1.807) is 13.0 Å². The van der Waals surface area contributed by atoms with Gasteiger partial charge in [0.05, 0.1) is 5.92 Å². The Morgan fingerprint density at radius 1 is 1.33 bits per heavy atom. The molecule has 0 spiro atoms. The average molecular weight is 247 g/mol. The van der Waals surface area contributed by atoms with E-state index < -0.39 is 11.9 Å². The van der Waals surface area contributed by atoms with Crippen LogP contribution >= 0.6 is 0 Å². The summed E-state index contributed by atoms with van der Waals surface area (Å²) >= 11 is 0. The Balaban J connectivity index is 2.43. The Bertz CT molecular complexity index is 426. The van der Waals surface area contributed by atoms with Gasteiger partial charge in [0.2, 0.25) is 5.91 Å². The number of hydrogen-bond donors (Lipinski definition) is 2. The van der Waals surface area contributed by atoms with Gasteiger partial charge in [0.15, 0.2) is 0 Å². The van der Waals surface area contributed by atoms with Crippen LogP contribution in [0.25, 0.3) is 6.08 Å². The van der Waals surface area contributed by atoms with Gasteiger partial charge in [-0.15, -0.1) is 0 Å². The van der Waals surface area contributed by atoms with Crippen LogP contribution in [0.5, 0.6) is 0 Å². The van der Waals surface area contributed by atoms with E-state index in [4.69, 9.17) is 5.11 Å². The minimum Gasteiger partial charge on any atom is -0.481 e. The number of rotatable bonds is 6. The van der Waals surface area contributed by atoms with Crippen LogP contribution in [0.1, 0.15) is 18.9 Å². The normalized spacial score (nSPS) is 12.3. The molecule has 1 aromatic rings. The van der Waals surface area contributed by atoms with E-state index in [2.05, 4.69) is 5.32 Å². The van der Waals surface area contributed by atoms with Crippen molar-refractivity contribution < 1.29 is 14.7 Å². The summed E-state index contributed by atoms with van der Waals surface area (Å²) in [7, 11) is 0. The van der Waals surface area contributed by atoms with E-state index in [9.17, 15) is 9.59 Å². The number of aliphatic carboxylic acids is 1. The zero-order valence-corrected chi connectivity index (χ0v) is 10.3. The van der Waals surface area contributed by atoms with Crippen LogP contribution in [-0.2, 0) is 9.59 Å². The lowest BCUT2D eigenvalue weighted by Gasteiger charge is -2.09. The van der Waals surface area contributed by atoms with Crippen molar-refractivity contribution in [2.75, 3.05) is 6.54 Å². The SMILES string of the molecule is CCC(CNC(=O)C=Cc1ccccc1)C(=O)O. The zero-order chi connectivity index (χ0) is 13.4. The van der Waals surface area contributed by atoms with Crippen LogP contribution in [-0.4, -0.2) is 23.5 Å². The van der Waals surface area contributed by atoms with Gasteiger partial charge in [-0.25, -0.2) is 0 Å². The fraction of sp³-hybridized carbons (Fsp3) is 0.286. The number of carbonyl (C=O) groups is 2. The maximum atomic E-state index is 11.5. The smallest absolute Gasteiger partial charge is 0.308 e. The van der Waals surface area contributed by atoms with Gasteiger partial charge in [0, 0.05) is 12.6 Å². The monoisotopic (exact) mass is 247 g/mol. The number of hydrogen-bond acceptors (Lipinski definition) is 2. The van der Waals surface area contributed by atoms with Crippen molar-refractivity contribution in [2.45, 2.75) is 13.3 Å². The number of nitrogens with one attached hydrogen (secondary N) is 1. The first-order chi connectivity index (χ1) is 8.63. The molecule has 4 nitrogen and oxygen atoms in total. The molecule has 0 bridgehead atoms. The third-order valence-corrected chi connectivity index (χ3v) is 2.59. The first-order valence-electron chi connectivity index (χ1n) is 5.87. The quantitative estimate of drug-likeness (QED) is 0.755. The van der Waals surface area contributed by atoms with Crippen molar-refractivity contribution in [3.8, 4) is 0 Å². The molecule has 1 unspecified atom stereocenters. The molecular weight excluding hydrogens is 230 g/mol. The van der Waals surface area contributed by atoms with E-state index in [1.165, 1.54) is 6.08 Å². The third kappa shape index (κ3) is 4.82. The first-order valence-corrected chi connectivity index (χ1v) is 5.87. The highest BCUT2D eigenvalue weighted by Gasteiger charge is 2.14. The van der Waals surface area contributed by atoms with Crippen LogP contribution in [0, 0.1) is 5.92 Å². The maximum absolute atomic E-state index is 11.5. The van der Waals surface area contributed by atoms with Gasteiger partial charge in [0.25, 0.3) is 0 Å². The molecule has 0 heterocycles. The molecule has 0 radical (unpaired) electrons. The Morgan fingerprint density at radius 3 is 2.56 bits per heavy atom. The molecule has 0 aliphatic heterocycles. The van der Waals surface area contributed by atoms with Crippen LogP contribution < -0.4 is 5.32 Å². The molecule has 0 aromatic heterocycles. The molecule has 1 atom stereocenters. The number of carbonyl (C=O) groups excluding carboxylic acids is 1. The predicted molar refractivity (Wildman–Crippen MR) is 69.9 cm³/mol. The van der Waals surface area contributed by atoms with Crippen LogP contribution in [0.3, 0.4) is 0 Å². The molecule has 96 valence electrons. The summed E-state index contributed by atoms with van der Waals surface area (Å²) in [5, 5.41) is 11.4. The number of benzene rings is 1. The topological polar surface area (TPSA) is 66.4 Å². The standard InChI is InChI=1S/C14H17NO3/c1-2-12(14(17)18)10-15-13(16)9-8-11-6-4-3-5-7-11/h3-9,12H,2,10H2,1H3,(H,15,16)(H,17,18). The second-order valence-electron chi connectivity index (χ2n) is 3.93. The van der Waals surface area contributed by atoms with Crippen molar-refractivity contribution in [2.24, 2.45) is 5.92 Å². The third-order valence-electron chi connectivity index (χ3n) is 2.59. The van der Waals surface area contributed by atoms with E-state index >= 15 is 0 Å². The van der Waals surface area contributed by atoms with E-state index in [0.29, 0.717) is 6.42 Å². The number of carboxylic acids is 1. The summed E-state index contributed by atoms with van der Waals surface area (Å²) in [5.74, 6) is -1.69. The van der Waals surface area contributed by atoms with E-state index in [-0.39, 0.29) is 12.5 Å². The summed E-state index contributed by atoms with van der Waals surface area (Å²) in [6.45, 7) is 1.94. The summed E-state index contributed by atoms with van der Waals surface area (Å²) in [6.07, 6.45) is 3.60. The van der Waals surface area contributed by atoms with Gasteiger partial charge >= 0.3 is 5.97 Å². The highest BCUT2D eigenvalue weighted by atomic mass is 16.4. The van der Waals surface area contributed by atoms with E-state index in [0.717, 1.165) is 5.56 Å². The zero-order valence-electron chi connectivity index (χ0n) is 10.3. The van der Waals surface area contributed by atoms with Gasteiger partial charge in [-0.1, -0.05) is 37.3 Å². The molecule has 0 aliphatic carbocycles. The molecule has 0 saturated carbocycles. The van der Waals surface area contributed by atoms with Crippen LogP contribution in [0.4, 0.5) is 0 Å². The molecule has 4 heteroatoms. The summed E-state index contributed by atoms with van der Waals surface area (Å²) in [4.78, 5) is 22.2. The Morgan fingerprint density at radius 2 is 2.00 bits per heavy atom. The van der Waals surface area contributed by atoms with Crippen molar-refractivity contribution >= 4 is 18.0 Å². The maximum Gasteiger partial charge on any atom is 0.308 e. The summed E-state index contributed by atoms with van der Waals surface area (Å²) in [6, 6.07) is 9.44. The minimum atomic E-state index is -0.884. The molecule has 1 aromatic carbocycles. The average Bonchev–Trinajstić information content (AvgIpc) is 2.38. The largest absolute Gasteiger partial charge is 0.481 e. The van der Waals surface area contributed by atoms with Crippen molar-refractivity contribution in [3.63, 3.8) is 0 Å². The molecule has 1 amide bonds. The van der Waals surface area contributed by atoms with Crippen LogP contribution in [0.15, 0.2) is 36.4 Å². The van der Waals surface area contributed by atoms with Crippen molar-refractivity contribution in [3.05, 3.63) is 42.0 Å². The Labute approximate surface area is 106 Å². The molecular formula is C14H17NO3. The molecule has 0 aliphatic rings. The molecule has 0 fully saturated rings. The highest BCUT2D eigenvalue weighted by Crippen LogP contribution is 2.02. The fourth-order valence-corrected chi connectivity index (χ4v) is 1.43. The van der Waals surface area contributed by atoms with Gasteiger partial charge in [-0.05, 0) is 18.1 Å². The highest BCUT2D eigenvalue weighted by molar-refractivity contribution is 5.91. The fourth-order valence-electron chi connectivity index (χ4n) is 1.43. The molecule has 18 heavy (non-hydrogen) atoms. The first kappa shape index (κ1) is 14.0. The van der Waals surface area contributed by atoms with Gasteiger partial charge in [0.1, 0.15) is 0 Å². The minimum absolute atomic E-state index is 0.157. The Kier molecular flexibility index (Phi) is 5.64. The number of amides is 1. The molecule has 2 N–H and O–H groups in total. The van der Waals surface area contributed by atoms with Gasteiger partial charge in [-0.3, -0.25) is 9.59 Å². The summed E-state index contributed by atoms with van der Waals surface area (Å²) < 4.78 is 0. The van der Waals surface area contributed by atoms with Gasteiger partial charge in [-0.2, -0.15) is 0 Å². The molecule has 0 saturated heterocycles. The summed E-state index contributed by atoms with van der Waals surface area (Å²) in [5.41, 5.74) is 0.929. The lowest BCUT2D eigenvalue weighted by Crippen LogP contribution is -2.31. The lowest BCUT2D eigenvalue weighted by molar-refractivity contribution is -0.141. The molecule has 1 rings (SSSR count). The van der Waals surface area contributed by atoms with Crippen LogP contribution in [0.2, 0.25) is 0 Å². The van der Waals surface area contributed by atoms with Gasteiger partial charge < -0.3 is 10.4 Å². The van der Waals surface area contributed by atoms with Crippen molar-refractivity contribution in [1.82, 2.24) is 5.32 Å². The number of carboxylic acid groups (broad SMARTS) is 1. The second-order valence-corrected chi connectivity index (χ2v) is 3.93.